The molecule has 0 bridgehead atoms. The predicted molar refractivity (Wildman–Crippen MR) is 66.1 cm³/mol. The Balaban J connectivity index is 2.66. The van der Waals surface area contributed by atoms with Crippen molar-refractivity contribution in [1.29, 1.82) is 0 Å². The van der Waals surface area contributed by atoms with Crippen molar-refractivity contribution in [2.24, 2.45) is 0 Å². The molecule has 0 aliphatic carbocycles. The van der Waals surface area contributed by atoms with E-state index in [9.17, 15) is 0 Å². The van der Waals surface area contributed by atoms with E-state index in [-0.39, 0.29) is 0 Å². The molecule has 0 saturated carbocycles. The molecule has 1 heteroatoms. The summed E-state index contributed by atoms with van der Waals surface area (Å²) in [7, 11) is 0. The lowest BCUT2D eigenvalue weighted by Gasteiger charge is -2.09. The Morgan fingerprint density at radius 3 is 2.43 bits per heavy atom. The summed E-state index contributed by atoms with van der Waals surface area (Å²) in [6.07, 6.45) is 7.59. The van der Waals surface area contributed by atoms with Crippen molar-refractivity contribution < 1.29 is 0 Å². The molecule has 0 nitrogen and oxygen atoms in total. The van der Waals surface area contributed by atoms with Crippen LogP contribution in [-0.2, 0) is 0 Å². The van der Waals surface area contributed by atoms with Crippen LogP contribution in [0.3, 0.4) is 0 Å². The summed E-state index contributed by atoms with van der Waals surface area (Å²) in [5, 5.41) is 0. The predicted octanol–water partition coefficient (Wildman–Crippen LogP) is 4.48. The highest BCUT2D eigenvalue weighted by Crippen LogP contribution is 2.22. The summed E-state index contributed by atoms with van der Waals surface area (Å²) >= 11 is 1.79. The van der Waals surface area contributed by atoms with Crippen molar-refractivity contribution in [2.75, 3.05) is 6.26 Å². The van der Waals surface area contributed by atoms with E-state index in [0.717, 1.165) is 6.42 Å². The highest BCUT2D eigenvalue weighted by atomic mass is 32.2. The Hall–Kier alpha value is -0.690. The minimum atomic E-state index is 0.627. The van der Waals surface area contributed by atoms with Crippen LogP contribution in [0.1, 0.15) is 31.7 Å². The van der Waals surface area contributed by atoms with E-state index in [0.29, 0.717) is 5.92 Å². The van der Waals surface area contributed by atoms with Gasteiger partial charge in [0, 0.05) is 4.90 Å². The molecule has 0 heterocycles. The molecule has 1 rings (SSSR count). The van der Waals surface area contributed by atoms with E-state index in [1.165, 1.54) is 10.5 Å². The van der Waals surface area contributed by atoms with Gasteiger partial charge in [0.2, 0.25) is 0 Å². The molecule has 1 unspecified atom stereocenters. The number of allylic oxidation sites excluding steroid dienone is 2. The molecule has 0 N–H and O–H groups in total. The average Bonchev–Trinajstić information content (AvgIpc) is 2.26. The molecule has 0 amide bonds. The normalized spacial score (nSPS) is 13.4. The van der Waals surface area contributed by atoms with Gasteiger partial charge in [-0.15, -0.1) is 11.8 Å². The van der Waals surface area contributed by atoms with Crippen LogP contribution in [0, 0.1) is 0 Å². The Kier molecular flexibility index (Phi) is 4.81. The van der Waals surface area contributed by atoms with Gasteiger partial charge in [0.15, 0.2) is 0 Å². The molecule has 1 aromatic rings. The SMILES string of the molecule is C/C=C\CC(C)c1ccc(SC)cc1. The van der Waals surface area contributed by atoms with Crippen molar-refractivity contribution >= 4 is 11.8 Å². The van der Waals surface area contributed by atoms with Gasteiger partial charge in [0.05, 0.1) is 0 Å². The monoisotopic (exact) mass is 206 g/mol. The Morgan fingerprint density at radius 1 is 1.29 bits per heavy atom. The molecule has 14 heavy (non-hydrogen) atoms. The third-order valence-electron chi connectivity index (χ3n) is 2.41. The number of rotatable bonds is 4. The summed E-state index contributed by atoms with van der Waals surface area (Å²) in [4.78, 5) is 1.34. The molecule has 0 aliphatic heterocycles. The first-order chi connectivity index (χ1) is 6.77. The van der Waals surface area contributed by atoms with Crippen LogP contribution in [0.5, 0.6) is 0 Å². The van der Waals surface area contributed by atoms with Crippen molar-refractivity contribution in [1.82, 2.24) is 0 Å². The van der Waals surface area contributed by atoms with Gasteiger partial charge >= 0.3 is 0 Å². The number of hydrogen-bond acceptors (Lipinski definition) is 1. The van der Waals surface area contributed by atoms with E-state index < -0.39 is 0 Å². The highest BCUT2D eigenvalue weighted by molar-refractivity contribution is 7.98. The topological polar surface area (TPSA) is 0 Å². The molecule has 0 aromatic heterocycles. The van der Waals surface area contributed by atoms with Gasteiger partial charge in [-0.1, -0.05) is 31.2 Å². The molecular formula is C13H18S. The van der Waals surface area contributed by atoms with Gasteiger partial charge in [-0.3, -0.25) is 0 Å². The fraction of sp³-hybridized carbons (Fsp3) is 0.385. The van der Waals surface area contributed by atoms with E-state index in [1.807, 2.05) is 0 Å². The van der Waals surface area contributed by atoms with Crippen molar-refractivity contribution in [3.63, 3.8) is 0 Å². The zero-order valence-corrected chi connectivity index (χ0v) is 9.97. The van der Waals surface area contributed by atoms with Crippen LogP contribution in [0.4, 0.5) is 0 Å². The van der Waals surface area contributed by atoms with Crippen LogP contribution >= 0.6 is 11.8 Å². The maximum absolute atomic E-state index is 2.27. The summed E-state index contributed by atoms with van der Waals surface area (Å²) in [6, 6.07) is 8.87. The van der Waals surface area contributed by atoms with E-state index in [4.69, 9.17) is 0 Å². The van der Waals surface area contributed by atoms with Gasteiger partial charge in [0.25, 0.3) is 0 Å². The zero-order valence-electron chi connectivity index (χ0n) is 9.16. The number of thioether (sulfide) groups is 1. The Bertz CT molecular complexity index is 285. The highest BCUT2D eigenvalue weighted by Gasteiger charge is 2.02. The number of benzene rings is 1. The molecular weight excluding hydrogens is 188 g/mol. The summed E-state index contributed by atoms with van der Waals surface area (Å²) in [5.74, 6) is 0.627. The molecule has 0 spiro atoms. The van der Waals surface area contributed by atoms with Crippen LogP contribution < -0.4 is 0 Å². The van der Waals surface area contributed by atoms with Gasteiger partial charge in [-0.25, -0.2) is 0 Å². The smallest absolute Gasteiger partial charge is 0.00693 e. The minimum absolute atomic E-state index is 0.627. The molecule has 0 aliphatic rings. The minimum Gasteiger partial charge on any atom is -0.130 e. The van der Waals surface area contributed by atoms with Crippen LogP contribution in [0.25, 0.3) is 0 Å². The number of hydrogen-bond donors (Lipinski definition) is 0. The first-order valence-electron chi connectivity index (χ1n) is 5.03. The second kappa shape index (κ2) is 5.92. The van der Waals surface area contributed by atoms with Gasteiger partial charge in [0.1, 0.15) is 0 Å². The maximum Gasteiger partial charge on any atom is 0.00693 e. The van der Waals surface area contributed by atoms with Crippen LogP contribution in [-0.4, -0.2) is 6.26 Å². The lowest BCUT2D eigenvalue weighted by Crippen LogP contribution is -1.90. The molecule has 0 fully saturated rings. The Morgan fingerprint density at radius 2 is 1.93 bits per heavy atom. The fourth-order valence-electron chi connectivity index (χ4n) is 1.41. The second-order valence-electron chi connectivity index (χ2n) is 3.48. The summed E-state index contributed by atoms with van der Waals surface area (Å²) in [6.45, 7) is 4.34. The lowest BCUT2D eigenvalue weighted by molar-refractivity contribution is 0.779. The quantitative estimate of drug-likeness (QED) is 0.517. The maximum atomic E-state index is 2.27. The molecule has 0 saturated heterocycles. The van der Waals surface area contributed by atoms with E-state index >= 15 is 0 Å². The molecule has 76 valence electrons. The summed E-state index contributed by atoms with van der Waals surface area (Å²) in [5.41, 5.74) is 1.43. The van der Waals surface area contributed by atoms with Gasteiger partial charge < -0.3 is 0 Å². The summed E-state index contributed by atoms with van der Waals surface area (Å²) < 4.78 is 0. The first-order valence-corrected chi connectivity index (χ1v) is 6.25. The van der Waals surface area contributed by atoms with Crippen molar-refractivity contribution in [2.45, 2.75) is 31.1 Å². The lowest BCUT2D eigenvalue weighted by atomic mass is 9.98. The molecule has 0 radical (unpaired) electrons. The molecule has 1 aromatic carbocycles. The largest absolute Gasteiger partial charge is 0.130 e. The molecule has 1 atom stereocenters. The van der Waals surface area contributed by atoms with Crippen LogP contribution in [0.2, 0.25) is 0 Å². The Labute approximate surface area is 91.4 Å². The van der Waals surface area contributed by atoms with Gasteiger partial charge in [-0.05, 0) is 43.2 Å². The first kappa shape index (κ1) is 11.4. The average molecular weight is 206 g/mol. The van der Waals surface area contributed by atoms with E-state index in [1.54, 1.807) is 11.8 Å². The van der Waals surface area contributed by atoms with E-state index in [2.05, 4.69) is 56.5 Å². The zero-order chi connectivity index (χ0) is 10.4. The second-order valence-corrected chi connectivity index (χ2v) is 4.36. The van der Waals surface area contributed by atoms with Crippen molar-refractivity contribution in [3.05, 3.63) is 42.0 Å². The third-order valence-corrected chi connectivity index (χ3v) is 3.15. The standard InChI is InChI=1S/C13H18S/c1-4-5-6-11(2)12-7-9-13(14-3)10-8-12/h4-5,7-11H,6H2,1-3H3/b5-4-. The van der Waals surface area contributed by atoms with Gasteiger partial charge in [-0.2, -0.15) is 0 Å². The third kappa shape index (κ3) is 3.22. The van der Waals surface area contributed by atoms with Crippen LogP contribution in [0.15, 0.2) is 41.3 Å². The van der Waals surface area contributed by atoms with Crippen molar-refractivity contribution in [3.8, 4) is 0 Å². The fourth-order valence-corrected chi connectivity index (χ4v) is 1.82.